The van der Waals surface area contributed by atoms with Crippen LogP contribution in [0.3, 0.4) is 0 Å². The number of rotatable bonds is 1. The largest absolute Gasteiger partial charge is 0.268 e. The molecule has 6 heteroatoms. The van der Waals surface area contributed by atoms with Crippen LogP contribution in [0.4, 0.5) is 10.1 Å². The van der Waals surface area contributed by atoms with Gasteiger partial charge in [0.25, 0.3) is 11.8 Å². The number of hydrogen-bond acceptors (Lipinski definition) is 3. The van der Waals surface area contributed by atoms with Crippen LogP contribution in [0.15, 0.2) is 40.9 Å². The third kappa shape index (κ3) is 1.86. The Balaban J connectivity index is 2.25. The van der Waals surface area contributed by atoms with E-state index in [1.54, 1.807) is 12.1 Å². The molecule has 0 N–H and O–H groups in total. The Hall–Kier alpha value is -2.52. The van der Waals surface area contributed by atoms with Gasteiger partial charge in [0.05, 0.1) is 26.9 Å². The highest BCUT2D eigenvalue weighted by atomic mass is 79.9. The van der Waals surface area contributed by atoms with E-state index in [-0.39, 0.29) is 26.9 Å². The zero-order chi connectivity index (χ0) is 15.1. The molecule has 0 saturated carbocycles. The average Bonchev–Trinajstić information content (AvgIpc) is 2.75. The standard InChI is InChI=1S/C15H6BrFN2O2/c16-12-11(17)6-5-8(7-18)13(12)19-14(20)9-3-1-2-4-10(9)15(19)21/h1-6H. The molecule has 4 nitrogen and oxygen atoms in total. The quantitative estimate of drug-likeness (QED) is 0.746. The molecule has 21 heavy (non-hydrogen) atoms. The minimum absolute atomic E-state index is 0.0396. The summed E-state index contributed by atoms with van der Waals surface area (Å²) >= 11 is 3.01. The molecule has 2 aromatic carbocycles. The number of imide groups is 1. The summed E-state index contributed by atoms with van der Waals surface area (Å²) in [5, 5.41) is 9.14. The summed E-state index contributed by atoms with van der Waals surface area (Å²) in [6.45, 7) is 0. The lowest BCUT2D eigenvalue weighted by Crippen LogP contribution is -2.30. The number of anilines is 1. The SMILES string of the molecule is N#Cc1ccc(F)c(Br)c1N1C(=O)c2ccccc2C1=O. The lowest BCUT2D eigenvalue weighted by atomic mass is 10.1. The molecule has 0 saturated heterocycles. The van der Waals surface area contributed by atoms with E-state index < -0.39 is 17.6 Å². The molecule has 0 atom stereocenters. The van der Waals surface area contributed by atoms with Crippen molar-refractivity contribution >= 4 is 33.4 Å². The van der Waals surface area contributed by atoms with Crippen LogP contribution in [-0.4, -0.2) is 11.8 Å². The molecule has 1 aliphatic heterocycles. The second-order valence-corrected chi connectivity index (χ2v) is 5.15. The first-order chi connectivity index (χ1) is 10.1. The van der Waals surface area contributed by atoms with Crippen molar-refractivity contribution in [3.8, 4) is 6.07 Å². The van der Waals surface area contributed by atoms with Crippen molar-refractivity contribution in [3.05, 3.63) is 63.4 Å². The molecular weight excluding hydrogens is 339 g/mol. The zero-order valence-corrected chi connectivity index (χ0v) is 12.0. The van der Waals surface area contributed by atoms with Crippen LogP contribution in [0.1, 0.15) is 26.3 Å². The van der Waals surface area contributed by atoms with Crippen LogP contribution in [0.25, 0.3) is 0 Å². The second kappa shape index (κ2) is 4.79. The van der Waals surface area contributed by atoms with Gasteiger partial charge in [0.15, 0.2) is 0 Å². The third-order valence-corrected chi connectivity index (χ3v) is 3.96. The van der Waals surface area contributed by atoms with Gasteiger partial charge in [0, 0.05) is 0 Å². The zero-order valence-electron chi connectivity index (χ0n) is 10.4. The van der Waals surface area contributed by atoms with Crippen LogP contribution in [0, 0.1) is 17.1 Å². The van der Waals surface area contributed by atoms with Crippen LogP contribution < -0.4 is 4.90 Å². The van der Waals surface area contributed by atoms with Gasteiger partial charge in [-0.05, 0) is 40.2 Å². The maximum absolute atomic E-state index is 13.7. The van der Waals surface area contributed by atoms with Gasteiger partial charge >= 0.3 is 0 Å². The molecule has 1 heterocycles. The van der Waals surface area contributed by atoms with Crippen molar-refractivity contribution in [2.45, 2.75) is 0 Å². The fourth-order valence-electron chi connectivity index (χ4n) is 2.24. The molecule has 0 aliphatic carbocycles. The van der Waals surface area contributed by atoms with Gasteiger partial charge in [-0.3, -0.25) is 9.59 Å². The molecule has 3 rings (SSSR count). The Bertz CT molecular complexity index is 807. The number of halogens is 2. The predicted octanol–water partition coefficient (Wildman–Crippen LogP) is 3.26. The number of carbonyl (C=O) groups is 2. The number of benzene rings is 2. The molecule has 2 aromatic rings. The van der Waals surface area contributed by atoms with Gasteiger partial charge in [-0.25, -0.2) is 9.29 Å². The summed E-state index contributed by atoms with van der Waals surface area (Å²) in [5.74, 6) is -1.79. The molecule has 0 aromatic heterocycles. The first-order valence-electron chi connectivity index (χ1n) is 5.92. The number of nitrogens with zero attached hydrogens (tertiary/aromatic N) is 2. The first kappa shape index (κ1) is 13.5. The first-order valence-corrected chi connectivity index (χ1v) is 6.71. The summed E-state index contributed by atoms with van der Waals surface area (Å²) in [6.07, 6.45) is 0. The second-order valence-electron chi connectivity index (χ2n) is 4.36. The number of hydrogen-bond donors (Lipinski definition) is 0. The summed E-state index contributed by atoms with van der Waals surface area (Å²) in [4.78, 5) is 25.6. The highest BCUT2D eigenvalue weighted by molar-refractivity contribution is 9.10. The van der Waals surface area contributed by atoms with Crippen molar-refractivity contribution in [1.82, 2.24) is 0 Å². The molecule has 2 amide bonds. The van der Waals surface area contributed by atoms with Crippen LogP contribution in [-0.2, 0) is 0 Å². The molecular formula is C15H6BrFN2O2. The summed E-state index contributed by atoms with van der Waals surface area (Å²) in [7, 11) is 0. The fourth-order valence-corrected chi connectivity index (χ4v) is 2.76. The molecule has 102 valence electrons. The molecule has 0 radical (unpaired) electrons. The Morgan fingerprint density at radius 2 is 1.62 bits per heavy atom. The predicted molar refractivity (Wildman–Crippen MR) is 76.4 cm³/mol. The van der Waals surface area contributed by atoms with E-state index in [9.17, 15) is 14.0 Å². The third-order valence-electron chi connectivity index (χ3n) is 3.21. The maximum atomic E-state index is 13.7. The number of amides is 2. The van der Waals surface area contributed by atoms with Gasteiger partial charge in [0.1, 0.15) is 11.9 Å². The average molecular weight is 345 g/mol. The lowest BCUT2D eigenvalue weighted by molar-refractivity contribution is 0.0926. The maximum Gasteiger partial charge on any atom is 0.266 e. The van der Waals surface area contributed by atoms with Gasteiger partial charge < -0.3 is 0 Å². The van der Waals surface area contributed by atoms with Crippen molar-refractivity contribution in [2.75, 3.05) is 4.90 Å². The molecule has 0 fully saturated rings. The normalized spacial score (nSPS) is 13.3. The van der Waals surface area contributed by atoms with E-state index in [0.29, 0.717) is 0 Å². The monoisotopic (exact) mass is 344 g/mol. The van der Waals surface area contributed by atoms with Gasteiger partial charge in [0.2, 0.25) is 0 Å². The smallest absolute Gasteiger partial charge is 0.266 e. The molecule has 1 aliphatic rings. The van der Waals surface area contributed by atoms with E-state index in [1.165, 1.54) is 18.2 Å². The van der Waals surface area contributed by atoms with Crippen LogP contribution >= 0.6 is 15.9 Å². The summed E-state index contributed by atoms with van der Waals surface area (Å²) in [5.41, 5.74) is 0.451. The topological polar surface area (TPSA) is 61.2 Å². The summed E-state index contributed by atoms with van der Waals surface area (Å²) in [6, 6.07) is 10.5. The Morgan fingerprint density at radius 1 is 1.05 bits per heavy atom. The lowest BCUT2D eigenvalue weighted by Gasteiger charge is -2.17. The highest BCUT2D eigenvalue weighted by Gasteiger charge is 2.38. The van der Waals surface area contributed by atoms with E-state index in [2.05, 4.69) is 15.9 Å². The highest BCUT2D eigenvalue weighted by Crippen LogP contribution is 2.37. The van der Waals surface area contributed by atoms with Gasteiger partial charge in [-0.2, -0.15) is 5.26 Å². The Labute approximate surface area is 127 Å². The van der Waals surface area contributed by atoms with E-state index in [0.717, 1.165) is 11.0 Å². The van der Waals surface area contributed by atoms with E-state index in [1.807, 2.05) is 6.07 Å². The minimum atomic E-state index is -0.652. The van der Waals surface area contributed by atoms with Crippen molar-refractivity contribution in [3.63, 3.8) is 0 Å². The van der Waals surface area contributed by atoms with Crippen LogP contribution in [0.5, 0.6) is 0 Å². The van der Waals surface area contributed by atoms with E-state index in [4.69, 9.17) is 5.26 Å². The molecule has 0 spiro atoms. The Kier molecular flexibility index (Phi) is 3.07. The number of nitriles is 1. The van der Waals surface area contributed by atoms with Crippen molar-refractivity contribution < 1.29 is 14.0 Å². The fraction of sp³-hybridized carbons (Fsp3) is 0. The molecule has 0 bridgehead atoms. The summed E-state index contributed by atoms with van der Waals surface area (Å²) < 4.78 is 13.6. The number of carbonyl (C=O) groups excluding carboxylic acids is 2. The Morgan fingerprint density at radius 3 is 2.14 bits per heavy atom. The number of fused-ring (bicyclic) bond motifs is 1. The van der Waals surface area contributed by atoms with Gasteiger partial charge in [-0.15, -0.1) is 0 Å². The van der Waals surface area contributed by atoms with Crippen LogP contribution in [0.2, 0.25) is 0 Å². The van der Waals surface area contributed by atoms with Gasteiger partial charge in [-0.1, -0.05) is 12.1 Å². The van der Waals surface area contributed by atoms with Crippen molar-refractivity contribution in [1.29, 1.82) is 5.26 Å². The minimum Gasteiger partial charge on any atom is -0.268 e. The van der Waals surface area contributed by atoms with E-state index >= 15 is 0 Å². The molecule has 0 unspecified atom stereocenters. The van der Waals surface area contributed by atoms with Crippen molar-refractivity contribution in [2.24, 2.45) is 0 Å².